The average Bonchev–Trinajstić information content (AvgIpc) is 3.04. The Balaban J connectivity index is 1.96. The van der Waals surface area contributed by atoms with Crippen molar-refractivity contribution < 1.29 is 9.63 Å². The number of amides is 1. The Hall–Kier alpha value is -3.09. The van der Waals surface area contributed by atoms with E-state index in [1.54, 1.807) is 31.3 Å². The third-order valence-corrected chi connectivity index (χ3v) is 4.77. The van der Waals surface area contributed by atoms with Crippen molar-refractivity contribution in [3.8, 4) is 11.1 Å². The number of aromatic nitrogens is 2. The number of benzene rings is 2. The summed E-state index contributed by atoms with van der Waals surface area (Å²) in [6.07, 6.45) is 0. The number of fused-ring (bicyclic) bond motifs is 3. The summed E-state index contributed by atoms with van der Waals surface area (Å²) in [6.45, 7) is 0. The summed E-state index contributed by atoms with van der Waals surface area (Å²) >= 11 is 6.11. The molecule has 0 aliphatic heterocycles. The van der Waals surface area contributed by atoms with Gasteiger partial charge < -0.3 is 9.97 Å². The van der Waals surface area contributed by atoms with Gasteiger partial charge in [-0.2, -0.15) is 0 Å². The van der Waals surface area contributed by atoms with Crippen LogP contribution in [-0.4, -0.2) is 35.1 Å². The molecule has 2 heterocycles. The van der Waals surface area contributed by atoms with Crippen LogP contribution in [0.1, 0.15) is 10.4 Å². The number of carbonyl (C=O) groups excluding carboxylic acids is 1. The monoisotopic (exact) mass is 381 g/mol. The molecule has 7 heteroatoms. The van der Waals surface area contributed by atoms with E-state index in [-0.39, 0.29) is 11.5 Å². The number of pyridine rings is 1. The lowest BCUT2D eigenvalue weighted by atomic mass is 10.0. The van der Waals surface area contributed by atoms with Crippen molar-refractivity contribution in [2.24, 2.45) is 0 Å². The van der Waals surface area contributed by atoms with Crippen molar-refractivity contribution >= 4 is 39.4 Å². The number of halogens is 1. The van der Waals surface area contributed by atoms with E-state index >= 15 is 0 Å². The summed E-state index contributed by atoms with van der Waals surface area (Å²) in [5.74, 6) is -0.274. The van der Waals surface area contributed by atoms with Crippen molar-refractivity contribution in [3.63, 3.8) is 0 Å². The molecule has 6 nitrogen and oxygen atoms in total. The van der Waals surface area contributed by atoms with E-state index in [9.17, 15) is 9.59 Å². The molecule has 136 valence electrons. The Morgan fingerprint density at radius 3 is 2.67 bits per heavy atom. The van der Waals surface area contributed by atoms with Gasteiger partial charge in [0.15, 0.2) is 0 Å². The van der Waals surface area contributed by atoms with Crippen LogP contribution in [0.25, 0.3) is 33.1 Å². The maximum Gasteiger partial charge on any atom is 0.277 e. The fourth-order valence-corrected chi connectivity index (χ4v) is 3.34. The third-order valence-electron chi connectivity index (χ3n) is 4.53. The van der Waals surface area contributed by atoms with E-state index in [1.165, 1.54) is 13.2 Å². The first-order valence-corrected chi connectivity index (χ1v) is 8.62. The van der Waals surface area contributed by atoms with Gasteiger partial charge in [0.1, 0.15) is 0 Å². The lowest BCUT2D eigenvalue weighted by Crippen LogP contribution is -2.25. The summed E-state index contributed by atoms with van der Waals surface area (Å²) in [5.41, 5.74) is 4.00. The standard InChI is InChI=1S/C20H16ClN3O3/c1-24(27-2)20(26)12-5-3-4-11(8-12)14-10-17(25)23-19-15-9-13(21)6-7-16(15)22-18(14)19/h3-10,22H,1-2H3,(H,23,25). The van der Waals surface area contributed by atoms with Crippen LogP contribution >= 0.6 is 11.6 Å². The summed E-state index contributed by atoms with van der Waals surface area (Å²) in [5, 5.41) is 2.57. The molecule has 0 radical (unpaired) electrons. The fraction of sp³-hybridized carbons (Fsp3) is 0.100. The largest absolute Gasteiger partial charge is 0.353 e. The molecule has 2 aromatic carbocycles. The van der Waals surface area contributed by atoms with Gasteiger partial charge in [0.2, 0.25) is 5.56 Å². The molecule has 0 spiro atoms. The van der Waals surface area contributed by atoms with Gasteiger partial charge in [0, 0.05) is 40.2 Å². The van der Waals surface area contributed by atoms with Crippen LogP contribution in [0.3, 0.4) is 0 Å². The van der Waals surface area contributed by atoms with Crippen LogP contribution < -0.4 is 5.56 Å². The van der Waals surface area contributed by atoms with Crippen LogP contribution in [0, 0.1) is 0 Å². The predicted octanol–water partition coefficient (Wildman–Crippen LogP) is 3.96. The van der Waals surface area contributed by atoms with E-state index in [2.05, 4.69) is 9.97 Å². The van der Waals surface area contributed by atoms with Gasteiger partial charge in [-0.15, -0.1) is 0 Å². The second-order valence-electron chi connectivity index (χ2n) is 6.18. The minimum absolute atomic E-state index is 0.232. The lowest BCUT2D eigenvalue weighted by molar-refractivity contribution is -0.0756. The van der Waals surface area contributed by atoms with Gasteiger partial charge >= 0.3 is 0 Å². The zero-order valence-electron chi connectivity index (χ0n) is 14.7. The molecular formula is C20H16ClN3O3. The van der Waals surface area contributed by atoms with Gasteiger partial charge in [-0.05, 0) is 35.9 Å². The molecule has 0 saturated carbocycles. The Morgan fingerprint density at radius 2 is 1.89 bits per heavy atom. The molecule has 0 bridgehead atoms. The number of hydrogen-bond donors (Lipinski definition) is 2. The lowest BCUT2D eigenvalue weighted by Gasteiger charge is -2.14. The number of carbonyl (C=O) groups is 1. The van der Waals surface area contributed by atoms with Crippen LogP contribution in [0.5, 0.6) is 0 Å². The number of hydroxylamine groups is 2. The van der Waals surface area contributed by atoms with Crippen LogP contribution in [0.2, 0.25) is 5.02 Å². The first kappa shape index (κ1) is 17.3. The van der Waals surface area contributed by atoms with Gasteiger partial charge in [-0.25, -0.2) is 5.06 Å². The molecule has 0 atom stereocenters. The number of aromatic amines is 2. The Labute approximate surface area is 159 Å². The average molecular weight is 382 g/mol. The highest BCUT2D eigenvalue weighted by Crippen LogP contribution is 2.32. The summed E-state index contributed by atoms with van der Waals surface area (Å²) in [6, 6.07) is 14.1. The van der Waals surface area contributed by atoms with Gasteiger partial charge in [-0.3, -0.25) is 14.4 Å². The second-order valence-corrected chi connectivity index (χ2v) is 6.61. The highest BCUT2D eigenvalue weighted by Gasteiger charge is 2.15. The van der Waals surface area contributed by atoms with E-state index < -0.39 is 0 Å². The Bertz CT molecular complexity index is 1240. The number of H-pyrrole nitrogens is 2. The third kappa shape index (κ3) is 2.99. The van der Waals surface area contributed by atoms with Crippen molar-refractivity contribution in [1.82, 2.24) is 15.0 Å². The van der Waals surface area contributed by atoms with Crippen LogP contribution in [0.15, 0.2) is 53.3 Å². The van der Waals surface area contributed by atoms with Gasteiger partial charge in [0.05, 0.1) is 18.1 Å². The van der Waals surface area contributed by atoms with Crippen molar-refractivity contribution in [2.75, 3.05) is 14.2 Å². The molecule has 0 aliphatic carbocycles. The quantitative estimate of drug-likeness (QED) is 0.527. The number of nitrogens with zero attached hydrogens (tertiary/aromatic N) is 1. The van der Waals surface area contributed by atoms with Crippen LogP contribution in [-0.2, 0) is 4.84 Å². The zero-order chi connectivity index (χ0) is 19.1. The fourth-order valence-electron chi connectivity index (χ4n) is 3.17. The highest BCUT2D eigenvalue weighted by atomic mass is 35.5. The molecule has 4 aromatic rings. The first-order chi connectivity index (χ1) is 13.0. The molecule has 0 fully saturated rings. The molecule has 0 saturated heterocycles. The highest BCUT2D eigenvalue weighted by molar-refractivity contribution is 6.31. The molecule has 1 amide bonds. The van der Waals surface area contributed by atoms with Crippen molar-refractivity contribution in [1.29, 1.82) is 0 Å². The van der Waals surface area contributed by atoms with Crippen molar-refractivity contribution in [2.45, 2.75) is 0 Å². The van der Waals surface area contributed by atoms with Gasteiger partial charge in [-0.1, -0.05) is 23.7 Å². The molecule has 0 aliphatic rings. The summed E-state index contributed by atoms with van der Waals surface area (Å²) < 4.78 is 0. The maximum atomic E-state index is 12.4. The molecule has 4 rings (SSSR count). The SMILES string of the molecule is CON(C)C(=O)c1cccc(-c2cc(=O)[nH]c3c2[nH]c2ccc(Cl)cc23)c1. The van der Waals surface area contributed by atoms with Crippen LogP contribution in [0.4, 0.5) is 0 Å². The molecule has 2 aromatic heterocycles. The van der Waals surface area contributed by atoms with E-state index in [0.29, 0.717) is 21.7 Å². The van der Waals surface area contributed by atoms with Gasteiger partial charge in [0.25, 0.3) is 5.91 Å². The minimum atomic E-state index is -0.274. The second kappa shape index (κ2) is 6.57. The number of nitrogens with one attached hydrogen (secondary N) is 2. The zero-order valence-corrected chi connectivity index (χ0v) is 15.4. The van der Waals surface area contributed by atoms with Crippen molar-refractivity contribution in [3.05, 3.63) is 69.5 Å². The van der Waals surface area contributed by atoms with E-state index in [1.807, 2.05) is 18.2 Å². The van der Waals surface area contributed by atoms with E-state index in [0.717, 1.165) is 27.0 Å². The molecule has 0 unspecified atom stereocenters. The molecular weight excluding hydrogens is 366 g/mol. The number of hydrogen-bond acceptors (Lipinski definition) is 3. The number of rotatable bonds is 3. The summed E-state index contributed by atoms with van der Waals surface area (Å²) in [4.78, 5) is 35.8. The minimum Gasteiger partial charge on any atom is -0.353 e. The smallest absolute Gasteiger partial charge is 0.277 e. The predicted molar refractivity (Wildman–Crippen MR) is 106 cm³/mol. The Morgan fingerprint density at radius 1 is 1.07 bits per heavy atom. The Kier molecular flexibility index (Phi) is 4.22. The topological polar surface area (TPSA) is 78.2 Å². The normalized spacial score (nSPS) is 11.2. The summed E-state index contributed by atoms with van der Waals surface area (Å²) in [7, 11) is 2.97. The first-order valence-electron chi connectivity index (χ1n) is 8.25. The molecule has 27 heavy (non-hydrogen) atoms. The maximum absolute atomic E-state index is 12.4. The molecule has 2 N–H and O–H groups in total. The van der Waals surface area contributed by atoms with E-state index in [4.69, 9.17) is 16.4 Å².